The molecule has 1 atom stereocenters. The van der Waals surface area contributed by atoms with Crippen LogP contribution in [0.4, 0.5) is 0 Å². The van der Waals surface area contributed by atoms with Gasteiger partial charge in [0.25, 0.3) is 5.91 Å². The van der Waals surface area contributed by atoms with Gasteiger partial charge in [0.05, 0.1) is 11.6 Å². The largest absolute Gasteiger partial charge is 0.361 e. The maximum absolute atomic E-state index is 12.8. The van der Waals surface area contributed by atoms with Crippen LogP contribution in [0.5, 0.6) is 0 Å². The summed E-state index contributed by atoms with van der Waals surface area (Å²) < 4.78 is 5.15. The van der Waals surface area contributed by atoms with Crippen LogP contribution < -0.4 is 5.32 Å². The third kappa shape index (κ3) is 4.03. The highest BCUT2D eigenvalue weighted by molar-refractivity contribution is 5.96. The van der Waals surface area contributed by atoms with Crippen LogP contribution in [0.1, 0.15) is 60.3 Å². The third-order valence-corrected chi connectivity index (χ3v) is 6.26. The maximum Gasteiger partial charge on any atom is 0.259 e. The third-order valence-electron chi connectivity index (χ3n) is 6.26. The summed E-state index contributed by atoms with van der Waals surface area (Å²) in [6.07, 6.45) is 6.29. The van der Waals surface area contributed by atoms with E-state index in [2.05, 4.69) is 15.4 Å². The van der Waals surface area contributed by atoms with Gasteiger partial charge in [-0.3, -0.25) is 14.5 Å². The summed E-state index contributed by atoms with van der Waals surface area (Å²) in [6, 6.07) is 0.904. The Labute approximate surface area is 160 Å². The summed E-state index contributed by atoms with van der Waals surface area (Å²) >= 11 is 0. The van der Waals surface area contributed by atoms with Gasteiger partial charge in [0.2, 0.25) is 5.91 Å². The molecule has 7 heteroatoms. The van der Waals surface area contributed by atoms with Crippen LogP contribution in [0, 0.1) is 19.8 Å². The number of carbonyl (C=O) groups is 2. The Morgan fingerprint density at radius 2 is 1.81 bits per heavy atom. The van der Waals surface area contributed by atoms with E-state index in [1.54, 1.807) is 6.92 Å². The van der Waals surface area contributed by atoms with Crippen LogP contribution in [0.2, 0.25) is 0 Å². The maximum atomic E-state index is 12.8. The van der Waals surface area contributed by atoms with Crippen molar-refractivity contribution in [1.82, 2.24) is 20.3 Å². The molecule has 2 aliphatic heterocycles. The first-order chi connectivity index (χ1) is 13.0. The molecule has 2 amide bonds. The quantitative estimate of drug-likeness (QED) is 0.871. The molecule has 0 radical (unpaired) electrons. The fraction of sp³-hybridized carbons (Fsp3) is 0.750. The first-order valence-corrected chi connectivity index (χ1v) is 10.3. The smallest absolute Gasteiger partial charge is 0.259 e. The number of amides is 2. The van der Waals surface area contributed by atoms with E-state index in [9.17, 15) is 9.59 Å². The lowest BCUT2D eigenvalue weighted by molar-refractivity contribution is -0.127. The number of aryl methyl sites for hydroxylation is 2. The van der Waals surface area contributed by atoms with E-state index in [0.29, 0.717) is 29.1 Å². The van der Waals surface area contributed by atoms with Crippen molar-refractivity contribution in [3.8, 4) is 0 Å². The number of nitrogens with one attached hydrogen (secondary N) is 1. The Bertz CT molecular complexity index is 685. The molecule has 4 rings (SSSR count). The molecule has 3 aliphatic rings. The molecule has 1 saturated carbocycles. The normalized spacial score (nSPS) is 24.8. The number of likely N-dealkylation sites (tertiary alicyclic amines) is 2. The van der Waals surface area contributed by atoms with Crippen molar-refractivity contribution in [3.63, 3.8) is 0 Å². The summed E-state index contributed by atoms with van der Waals surface area (Å²) in [5, 5.41) is 7.06. The second kappa shape index (κ2) is 7.62. The van der Waals surface area contributed by atoms with Gasteiger partial charge in [0.1, 0.15) is 11.3 Å². The summed E-state index contributed by atoms with van der Waals surface area (Å²) in [5.74, 6) is 1.000. The Morgan fingerprint density at radius 1 is 1.07 bits per heavy atom. The van der Waals surface area contributed by atoms with E-state index in [4.69, 9.17) is 4.52 Å². The molecule has 1 aromatic heterocycles. The van der Waals surface area contributed by atoms with E-state index in [-0.39, 0.29) is 17.7 Å². The van der Waals surface area contributed by atoms with Crippen molar-refractivity contribution in [2.75, 3.05) is 26.2 Å². The van der Waals surface area contributed by atoms with Gasteiger partial charge in [-0.25, -0.2) is 0 Å². The summed E-state index contributed by atoms with van der Waals surface area (Å²) in [4.78, 5) is 29.6. The van der Waals surface area contributed by atoms with Crippen molar-refractivity contribution in [1.29, 1.82) is 0 Å². The van der Waals surface area contributed by atoms with Gasteiger partial charge < -0.3 is 14.7 Å². The van der Waals surface area contributed by atoms with Crippen molar-refractivity contribution < 1.29 is 14.1 Å². The van der Waals surface area contributed by atoms with Gasteiger partial charge in [0, 0.05) is 31.7 Å². The van der Waals surface area contributed by atoms with E-state index in [0.717, 1.165) is 64.7 Å². The van der Waals surface area contributed by atoms with E-state index < -0.39 is 0 Å². The zero-order valence-corrected chi connectivity index (χ0v) is 16.4. The zero-order chi connectivity index (χ0) is 19.0. The highest BCUT2D eigenvalue weighted by Crippen LogP contribution is 2.27. The van der Waals surface area contributed by atoms with Gasteiger partial charge in [-0.2, -0.15) is 0 Å². The highest BCUT2D eigenvalue weighted by Gasteiger charge is 2.35. The summed E-state index contributed by atoms with van der Waals surface area (Å²) in [5.41, 5.74) is 1.28. The second-order valence-corrected chi connectivity index (χ2v) is 8.34. The molecule has 0 spiro atoms. The van der Waals surface area contributed by atoms with Crippen LogP contribution >= 0.6 is 0 Å². The molecule has 0 bridgehead atoms. The predicted octanol–water partition coefficient (Wildman–Crippen LogP) is 1.89. The number of aromatic nitrogens is 1. The lowest BCUT2D eigenvalue weighted by atomic mass is 9.93. The molecule has 1 aliphatic carbocycles. The van der Waals surface area contributed by atoms with Crippen LogP contribution in [0.25, 0.3) is 0 Å². The molecule has 1 N–H and O–H groups in total. The van der Waals surface area contributed by atoms with E-state index >= 15 is 0 Å². The first kappa shape index (κ1) is 18.5. The number of rotatable bonds is 4. The van der Waals surface area contributed by atoms with Gasteiger partial charge in [-0.1, -0.05) is 5.16 Å². The van der Waals surface area contributed by atoms with Crippen molar-refractivity contribution in [3.05, 3.63) is 17.0 Å². The van der Waals surface area contributed by atoms with Crippen molar-refractivity contribution >= 4 is 11.8 Å². The standard InChI is InChI=1S/C20H30N4O3/c1-13-18(14(2)27-22-13)20(26)23-10-7-17(8-11-23)24-9-3-4-15(12-24)19(25)21-16-5-6-16/h15-17H,3-12H2,1-2H3,(H,21,25). The topological polar surface area (TPSA) is 78.7 Å². The monoisotopic (exact) mass is 374 g/mol. The molecule has 148 valence electrons. The molecule has 7 nitrogen and oxygen atoms in total. The second-order valence-electron chi connectivity index (χ2n) is 8.34. The molecule has 3 heterocycles. The lowest BCUT2D eigenvalue weighted by Gasteiger charge is -2.42. The molecule has 3 fully saturated rings. The molecule has 2 saturated heterocycles. The molecule has 1 aromatic rings. The average Bonchev–Trinajstić information content (AvgIpc) is 3.44. The van der Waals surface area contributed by atoms with E-state index in [1.807, 2.05) is 11.8 Å². The minimum atomic E-state index is 0.0324. The Morgan fingerprint density at radius 3 is 2.44 bits per heavy atom. The molecule has 27 heavy (non-hydrogen) atoms. The van der Waals surface area contributed by atoms with Gasteiger partial charge in [0.15, 0.2) is 0 Å². The molecular weight excluding hydrogens is 344 g/mol. The van der Waals surface area contributed by atoms with Crippen LogP contribution in [0.3, 0.4) is 0 Å². The molecule has 0 aromatic carbocycles. The number of carbonyl (C=O) groups excluding carboxylic acids is 2. The van der Waals surface area contributed by atoms with Crippen LogP contribution in [-0.2, 0) is 4.79 Å². The number of nitrogens with zero attached hydrogens (tertiary/aromatic N) is 3. The Kier molecular flexibility index (Phi) is 5.21. The van der Waals surface area contributed by atoms with Crippen LogP contribution in [0.15, 0.2) is 4.52 Å². The zero-order valence-electron chi connectivity index (χ0n) is 16.4. The minimum Gasteiger partial charge on any atom is -0.361 e. The van der Waals surface area contributed by atoms with Crippen molar-refractivity contribution in [2.24, 2.45) is 5.92 Å². The SMILES string of the molecule is Cc1noc(C)c1C(=O)N1CCC(N2CCCC(C(=O)NC3CC3)C2)CC1. The average molecular weight is 374 g/mol. The number of piperidine rings is 2. The lowest BCUT2D eigenvalue weighted by Crippen LogP contribution is -2.51. The fourth-order valence-corrected chi connectivity index (χ4v) is 4.48. The van der Waals surface area contributed by atoms with Gasteiger partial charge >= 0.3 is 0 Å². The fourth-order valence-electron chi connectivity index (χ4n) is 4.48. The summed E-state index contributed by atoms with van der Waals surface area (Å²) in [7, 11) is 0. The van der Waals surface area contributed by atoms with Gasteiger partial charge in [-0.15, -0.1) is 0 Å². The van der Waals surface area contributed by atoms with Crippen LogP contribution in [-0.4, -0.2) is 65.0 Å². The Balaban J connectivity index is 1.30. The first-order valence-electron chi connectivity index (χ1n) is 10.3. The molecular formula is C20H30N4O3. The van der Waals surface area contributed by atoms with Crippen molar-refractivity contribution in [2.45, 2.75) is 64.5 Å². The number of hydrogen-bond donors (Lipinski definition) is 1. The summed E-state index contributed by atoms with van der Waals surface area (Å²) in [6.45, 7) is 7.04. The van der Waals surface area contributed by atoms with Gasteiger partial charge in [-0.05, 0) is 58.9 Å². The highest BCUT2D eigenvalue weighted by atomic mass is 16.5. The predicted molar refractivity (Wildman–Crippen MR) is 100 cm³/mol. The van der Waals surface area contributed by atoms with E-state index in [1.165, 1.54) is 0 Å². The molecule has 1 unspecified atom stereocenters. The Hall–Kier alpha value is -1.89. The minimum absolute atomic E-state index is 0.0324. The number of hydrogen-bond acceptors (Lipinski definition) is 5.